The van der Waals surface area contributed by atoms with Crippen molar-refractivity contribution in [3.63, 3.8) is 0 Å². The zero-order valence-corrected chi connectivity index (χ0v) is 15.3. The van der Waals surface area contributed by atoms with E-state index in [1.165, 1.54) is 23.9 Å². The van der Waals surface area contributed by atoms with Crippen molar-refractivity contribution in [3.8, 4) is 11.3 Å². The molecule has 2 aromatic carbocycles. The Morgan fingerprint density at radius 2 is 1.88 bits per heavy atom. The lowest BCUT2D eigenvalue weighted by molar-refractivity contribution is -0.118. The Bertz CT molecular complexity index is 866. The van der Waals surface area contributed by atoms with Crippen molar-refractivity contribution in [3.05, 3.63) is 76.8 Å². The van der Waals surface area contributed by atoms with E-state index in [-0.39, 0.29) is 11.7 Å². The van der Waals surface area contributed by atoms with Crippen LogP contribution in [0.25, 0.3) is 11.3 Å². The van der Waals surface area contributed by atoms with Gasteiger partial charge in [0, 0.05) is 23.2 Å². The molecule has 0 saturated heterocycles. The number of amides is 1. The van der Waals surface area contributed by atoms with Gasteiger partial charge in [0.15, 0.2) is 0 Å². The fraction of sp³-hybridized carbons (Fsp3) is 0.158. The molecule has 0 radical (unpaired) electrons. The zero-order valence-electron chi connectivity index (χ0n) is 13.7. The first-order valence-corrected chi connectivity index (χ1v) is 9.44. The van der Waals surface area contributed by atoms with Crippen molar-refractivity contribution in [1.82, 2.24) is 10.5 Å². The molecular formula is C19H16ClFN2O2S. The minimum Gasteiger partial charge on any atom is -0.360 e. The van der Waals surface area contributed by atoms with Crippen molar-refractivity contribution < 1.29 is 13.7 Å². The molecule has 0 spiro atoms. The summed E-state index contributed by atoms with van der Waals surface area (Å²) in [6.07, 6.45) is 0. The standard InChI is InChI=1S/C19H16ClFN2O2S/c20-15-5-3-14(4-6-15)18-9-17(25-23-18)11-26-12-19(24)22-10-13-1-7-16(21)8-2-13/h1-9H,10-12H2,(H,22,24). The minimum absolute atomic E-state index is 0.0863. The lowest BCUT2D eigenvalue weighted by Crippen LogP contribution is -2.24. The smallest absolute Gasteiger partial charge is 0.230 e. The van der Waals surface area contributed by atoms with E-state index in [1.54, 1.807) is 24.3 Å². The van der Waals surface area contributed by atoms with Crippen LogP contribution in [0.2, 0.25) is 5.02 Å². The molecule has 0 fully saturated rings. The topological polar surface area (TPSA) is 55.1 Å². The van der Waals surface area contributed by atoms with Crippen LogP contribution in [0.1, 0.15) is 11.3 Å². The monoisotopic (exact) mass is 390 g/mol. The number of hydrogen-bond acceptors (Lipinski definition) is 4. The highest BCUT2D eigenvalue weighted by molar-refractivity contribution is 7.99. The van der Waals surface area contributed by atoms with Crippen molar-refractivity contribution >= 4 is 29.3 Å². The molecule has 7 heteroatoms. The summed E-state index contributed by atoms with van der Waals surface area (Å²) in [4.78, 5) is 11.9. The summed E-state index contributed by atoms with van der Waals surface area (Å²) in [6.45, 7) is 0.378. The molecule has 4 nitrogen and oxygen atoms in total. The lowest BCUT2D eigenvalue weighted by atomic mass is 10.1. The van der Waals surface area contributed by atoms with E-state index in [0.717, 1.165) is 16.8 Å². The first-order valence-electron chi connectivity index (χ1n) is 7.90. The van der Waals surface area contributed by atoms with Crippen molar-refractivity contribution in [2.24, 2.45) is 0 Å². The number of thioether (sulfide) groups is 1. The Balaban J connectivity index is 1.42. The summed E-state index contributed by atoms with van der Waals surface area (Å²) in [5.74, 6) is 1.17. The predicted molar refractivity (Wildman–Crippen MR) is 101 cm³/mol. The van der Waals surface area contributed by atoms with Gasteiger partial charge in [-0.1, -0.05) is 41.0 Å². The average Bonchev–Trinajstić information content (AvgIpc) is 3.11. The van der Waals surface area contributed by atoms with Crippen molar-refractivity contribution in [2.75, 3.05) is 5.75 Å². The summed E-state index contributed by atoms with van der Waals surface area (Å²) in [7, 11) is 0. The Hall–Kier alpha value is -2.31. The molecule has 1 aromatic heterocycles. The van der Waals surface area contributed by atoms with Gasteiger partial charge in [0.25, 0.3) is 0 Å². The van der Waals surface area contributed by atoms with E-state index in [9.17, 15) is 9.18 Å². The molecule has 3 rings (SSSR count). The normalized spacial score (nSPS) is 10.7. The third kappa shape index (κ3) is 5.34. The second-order valence-corrected chi connectivity index (χ2v) is 7.00. The number of nitrogens with zero attached hydrogens (tertiary/aromatic N) is 1. The molecule has 0 aliphatic rings. The Kier molecular flexibility index (Phi) is 6.30. The fourth-order valence-electron chi connectivity index (χ4n) is 2.24. The number of halogens is 2. The van der Waals surface area contributed by atoms with Crippen LogP contribution in [0.5, 0.6) is 0 Å². The third-order valence-corrected chi connectivity index (χ3v) is 4.79. The summed E-state index contributed by atoms with van der Waals surface area (Å²) in [5, 5.41) is 7.50. The maximum Gasteiger partial charge on any atom is 0.230 e. The zero-order chi connectivity index (χ0) is 18.4. The number of hydrogen-bond donors (Lipinski definition) is 1. The maximum atomic E-state index is 12.8. The molecule has 134 valence electrons. The Labute approximate surface area is 159 Å². The van der Waals surface area contributed by atoms with Crippen molar-refractivity contribution in [2.45, 2.75) is 12.3 Å². The van der Waals surface area contributed by atoms with E-state index < -0.39 is 0 Å². The lowest BCUT2D eigenvalue weighted by Gasteiger charge is -2.04. The van der Waals surface area contributed by atoms with E-state index in [0.29, 0.717) is 28.8 Å². The SMILES string of the molecule is O=C(CSCc1cc(-c2ccc(Cl)cc2)no1)NCc1ccc(F)cc1. The van der Waals surface area contributed by atoms with Gasteiger partial charge >= 0.3 is 0 Å². The fourth-order valence-corrected chi connectivity index (χ4v) is 3.09. The molecule has 26 heavy (non-hydrogen) atoms. The molecule has 0 aliphatic carbocycles. The number of benzene rings is 2. The average molecular weight is 391 g/mol. The molecule has 1 N–H and O–H groups in total. The molecule has 3 aromatic rings. The number of nitrogens with one attached hydrogen (secondary N) is 1. The Morgan fingerprint density at radius 1 is 1.15 bits per heavy atom. The second kappa shape index (κ2) is 8.87. The molecular weight excluding hydrogens is 375 g/mol. The van der Waals surface area contributed by atoms with Gasteiger partial charge in [-0.25, -0.2) is 4.39 Å². The van der Waals surface area contributed by atoms with Crippen LogP contribution < -0.4 is 5.32 Å². The highest BCUT2D eigenvalue weighted by Gasteiger charge is 2.08. The van der Waals surface area contributed by atoms with Gasteiger partial charge in [-0.3, -0.25) is 4.79 Å². The Morgan fingerprint density at radius 3 is 2.62 bits per heavy atom. The van der Waals surface area contributed by atoms with E-state index in [1.807, 2.05) is 18.2 Å². The summed E-state index contributed by atoms with van der Waals surface area (Å²) < 4.78 is 18.1. The van der Waals surface area contributed by atoms with Crippen molar-refractivity contribution in [1.29, 1.82) is 0 Å². The molecule has 0 aliphatic heterocycles. The number of rotatable bonds is 7. The quantitative estimate of drug-likeness (QED) is 0.636. The molecule has 0 saturated carbocycles. The van der Waals surface area contributed by atoms with Gasteiger partial charge in [0.2, 0.25) is 5.91 Å². The molecule has 0 bridgehead atoms. The van der Waals surface area contributed by atoms with E-state index in [2.05, 4.69) is 10.5 Å². The van der Waals surface area contributed by atoms with E-state index in [4.69, 9.17) is 16.1 Å². The molecule has 1 heterocycles. The first-order chi connectivity index (χ1) is 12.6. The van der Waals surface area contributed by atoms with Gasteiger partial charge < -0.3 is 9.84 Å². The maximum absolute atomic E-state index is 12.8. The highest BCUT2D eigenvalue weighted by atomic mass is 35.5. The summed E-state index contributed by atoms with van der Waals surface area (Å²) in [5.41, 5.74) is 2.51. The summed E-state index contributed by atoms with van der Waals surface area (Å²) in [6, 6.07) is 15.2. The number of carbonyl (C=O) groups excluding carboxylic acids is 1. The van der Waals surface area contributed by atoms with Crippen LogP contribution in [0.15, 0.2) is 59.1 Å². The number of carbonyl (C=O) groups is 1. The van der Waals surface area contributed by atoms with Crippen LogP contribution >= 0.6 is 23.4 Å². The first kappa shape index (κ1) is 18.5. The minimum atomic E-state index is -0.291. The van der Waals surface area contributed by atoms with Gasteiger partial charge in [-0.05, 0) is 29.8 Å². The van der Waals surface area contributed by atoms with Crippen LogP contribution in [0.4, 0.5) is 4.39 Å². The second-order valence-electron chi connectivity index (χ2n) is 5.58. The molecule has 0 unspecified atom stereocenters. The largest absolute Gasteiger partial charge is 0.360 e. The van der Waals surface area contributed by atoms with Gasteiger partial charge in [-0.15, -0.1) is 11.8 Å². The van der Waals surface area contributed by atoms with Gasteiger partial charge in [0.1, 0.15) is 17.3 Å². The van der Waals surface area contributed by atoms with E-state index >= 15 is 0 Å². The summed E-state index contributed by atoms with van der Waals surface area (Å²) >= 11 is 7.31. The third-order valence-electron chi connectivity index (χ3n) is 3.58. The van der Waals surface area contributed by atoms with Gasteiger partial charge in [-0.2, -0.15) is 0 Å². The molecule has 0 atom stereocenters. The van der Waals surface area contributed by atoms with Crippen LogP contribution in [-0.2, 0) is 17.1 Å². The van der Waals surface area contributed by atoms with Crippen LogP contribution in [0, 0.1) is 5.82 Å². The highest BCUT2D eigenvalue weighted by Crippen LogP contribution is 2.23. The van der Waals surface area contributed by atoms with Crippen LogP contribution in [-0.4, -0.2) is 16.8 Å². The van der Waals surface area contributed by atoms with Crippen LogP contribution in [0.3, 0.4) is 0 Å². The van der Waals surface area contributed by atoms with Gasteiger partial charge in [0.05, 0.1) is 11.5 Å². The molecule has 1 amide bonds. The number of aromatic nitrogens is 1. The predicted octanol–water partition coefficient (Wildman–Crippen LogP) is 4.68.